The highest BCUT2D eigenvalue weighted by Crippen LogP contribution is 2.30. The van der Waals surface area contributed by atoms with Gasteiger partial charge in [-0.3, -0.25) is 9.59 Å². The summed E-state index contributed by atoms with van der Waals surface area (Å²) in [5.74, 6) is 0.239. The lowest BCUT2D eigenvalue weighted by Gasteiger charge is -2.26. The van der Waals surface area contributed by atoms with Crippen molar-refractivity contribution >= 4 is 11.6 Å². The lowest BCUT2D eigenvalue weighted by molar-refractivity contribution is -0.119. The number of hydrogen-bond donors (Lipinski definition) is 0. The number of rotatable bonds is 1. The Labute approximate surface area is 93.2 Å². The standard InChI is InChI=1S/C12H12O4/c1-6-4-8-9(13)5-10(15-3)12(14)11(8)7(2)16-6/h4-5,7H,1-3H3. The molecule has 0 radical (unpaired) electrons. The number of ether oxygens (including phenoxy) is 2. The van der Waals surface area contributed by atoms with Crippen molar-refractivity contribution in [3.8, 4) is 0 Å². The maximum atomic E-state index is 11.9. The largest absolute Gasteiger partial charge is 0.493 e. The summed E-state index contributed by atoms with van der Waals surface area (Å²) in [6.45, 7) is 3.50. The van der Waals surface area contributed by atoms with Crippen LogP contribution in [0, 0.1) is 0 Å². The van der Waals surface area contributed by atoms with Gasteiger partial charge in [0.2, 0.25) is 5.78 Å². The smallest absolute Gasteiger partial charge is 0.228 e. The molecule has 0 saturated heterocycles. The summed E-state index contributed by atoms with van der Waals surface area (Å²) >= 11 is 0. The van der Waals surface area contributed by atoms with Crippen molar-refractivity contribution in [2.75, 3.05) is 7.11 Å². The Morgan fingerprint density at radius 1 is 1.31 bits per heavy atom. The van der Waals surface area contributed by atoms with Gasteiger partial charge in [-0.2, -0.15) is 0 Å². The average molecular weight is 220 g/mol. The van der Waals surface area contributed by atoms with Crippen LogP contribution in [0.3, 0.4) is 0 Å². The van der Waals surface area contributed by atoms with Gasteiger partial charge in [-0.05, 0) is 19.9 Å². The fourth-order valence-electron chi connectivity index (χ4n) is 1.93. The van der Waals surface area contributed by atoms with E-state index in [4.69, 9.17) is 9.47 Å². The predicted octanol–water partition coefficient (Wildman–Crippen LogP) is 1.29. The van der Waals surface area contributed by atoms with Gasteiger partial charge in [-0.1, -0.05) is 0 Å². The van der Waals surface area contributed by atoms with E-state index in [0.717, 1.165) is 0 Å². The molecule has 0 bridgehead atoms. The zero-order chi connectivity index (χ0) is 11.9. The summed E-state index contributed by atoms with van der Waals surface area (Å²) < 4.78 is 10.3. The number of ketones is 2. The van der Waals surface area contributed by atoms with Crippen LogP contribution in [0.4, 0.5) is 0 Å². The molecule has 2 rings (SSSR count). The summed E-state index contributed by atoms with van der Waals surface area (Å²) in [5.41, 5.74) is 0.803. The Bertz CT molecular complexity index is 465. The third-order valence-electron chi connectivity index (χ3n) is 2.62. The molecule has 4 nitrogen and oxygen atoms in total. The number of allylic oxidation sites excluding steroid dienone is 5. The van der Waals surface area contributed by atoms with E-state index >= 15 is 0 Å². The molecule has 0 N–H and O–H groups in total. The van der Waals surface area contributed by atoms with Crippen LogP contribution in [0.15, 0.2) is 34.8 Å². The molecule has 0 fully saturated rings. The van der Waals surface area contributed by atoms with E-state index in [1.54, 1.807) is 19.9 Å². The maximum absolute atomic E-state index is 11.9. The fourth-order valence-corrected chi connectivity index (χ4v) is 1.93. The molecule has 0 aromatic carbocycles. The average Bonchev–Trinajstić information content (AvgIpc) is 2.22. The van der Waals surface area contributed by atoms with Crippen molar-refractivity contribution in [1.82, 2.24) is 0 Å². The summed E-state index contributed by atoms with van der Waals surface area (Å²) in [6.07, 6.45) is 2.41. The highest BCUT2D eigenvalue weighted by atomic mass is 16.5. The molecule has 4 heteroatoms. The Kier molecular flexibility index (Phi) is 2.42. The van der Waals surface area contributed by atoms with E-state index in [9.17, 15) is 9.59 Å². The van der Waals surface area contributed by atoms with Crippen LogP contribution in [0.5, 0.6) is 0 Å². The first-order valence-electron chi connectivity index (χ1n) is 4.98. The molecule has 0 aromatic rings. The molecule has 1 aliphatic carbocycles. The molecule has 0 spiro atoms. The molecule has 0 aromatic heterocycles. The van der Waals surface area contributed by atoms with Crippen LogP contribution < -0.4 is 0 Å². The number of methoxy groups -OCH3 is 1. The molecule has 0 amide bonds. The van der Waals surface area contributed by atoms with E-state index in [0.29, 0.717) is 16.9 Å². The number of hydrogen-bond acceptors (Lipinski definition) is 4. The monoisotopic (exact) mass is 220 g/mol. The second kappa shape index (κ2) is 3.63. The first-order valence-corrected chi connectivity index (χ1v) is 4.98. The zero-order valence-corrected chi connectivity index (χ0v) is 9.37. The summed E-state index contributed by atoms with van der Waals surface area (Å²) in [4.78, 5) is 23.7. The summed E-state index contributed by atoms with van der Waals surface area (Å²) in [5, 5.41) is 0. The van der Waals surface area contributed by atoms with Gasteiger partial charge in [0.15, 0.2) is 11.5 Å². The molecule has 0 saturated carbocycles. The van der Waals surface area contributed by atoms with Crippen LogP contribution in [-0.4, -0.2) is 24.8 Å². The second-order valence-electron chi connectivity index (χ2n) is 3.75. The molecule has 1 atom stereocenters. The van der Waals surface area contributed by atoms with Crippen molar-refractivity contribution in [2.24, 2.45) is 0 Å². The van der Waals surface area contributed by atoms with Gasteiger partial charge >= 0.3 is 0 Å². The highest BCUT2D eigenvalue weighted by Gasteiger charge is 2.34. The van der Waals surface area contributed by atoms with Crippen LogP contribution in [-0.2, 0) is 19.1 Å². The van der Waals surface area contributed by atoms with Gasteiger partial charge in [-0.15, -0.1) is 0 Å². The van der Waals surface area contributed by atoms with Crippen molar-refractivity contribution in [3.63, 3.8) is 0 Å². The van der Waals surface area contributed by atoms with Crippen molar-refractivity contribution in [2.45, 2.75) is 20.0 Å². The first-order chi connectivity index (χ1) is 7.54. The molecule has 1 unspecified atom stereocenters. The topological polar surface area (TPSA) is 52.6 Å². The molecule has 16 heavy (non-hydrogen) atoms. The van der Waals surface area contributed by atoms with Crippen molar-refractivity contribution < 1.29 is 19.1 Å². The Hall–Kier alpha value is -1.84. The Balaban J connectivity index is 2.54. The van der Waals surface area contributed by atoms with Crippen molar-refractivity contribution in [1.29, 1.82) is 0 Å². The van der Waals surface area contributed by atoms with Crippen LogP contribution in [0.2, 0.25) is 0 Å². The van der Waals surface area contributed by atoms with Crippen LogP contribution in [0.25, 0.3) is 0 Å². The first kappa shape index (κ1) is 10.7. The lowest BCUT2D eigenvalue weighted by Crippen LogP contribution is -2.30. The molecule has 1 heterocycles. The van der Waals surface area contributed by atoms with Gasteiger partial charge < -0.3 is 9.47 Å². The Morgan fingerprint density at radius 3 is 2.62 bits per heavy atom. The third kappa shape index (κ3) is 1.46. The van der Waals surface area contributed by atoms with Gasteiger partial charge in [0, 0.05) is 11.6 Å². The van der Waals surface area contributed by atoms with E-state index in [-0.39, 0.29) is 17.3 Å². The highest BCUT2D eigenvalue weighted by molar-refractivity contribution is 6.23. The number of Topliss-reactive ketones (excluding diaryl/α,β-unsaturated/α-hetero) is 1. The minimum atomic E-state index is -0.407. The normalized spacial score (nSPS) is 24.6. The SMILES string of the molecule is COC1=CC(=O)C2=C(C1=O)C(C)OC(C)=C2. The number of carbonyl (C=O) groups is 2. The summed E-state index contributed by atoms with van der Waals surface area (Å²) in [7, 11) is 1.37. The third-order valence-corrected chi connectivity index (χ3v) is 2.62. The van der Waals surface area contributed by atoms with E-state index < -0.39 is 6.10 Å². The summed E-state index contributed by atoms with van der Waals surface area (Å²) in [6, 6.07) is 0. The molecular formula is C12H12O4. The van der Waals surface area contributed by atoms with Gasteiger partial charge in [-0.25, -0.2) is 0 Å². The molecule has 84 valence electrons. The van der Waals surface area contributed by atoms with E-state index in [1.165, 1.54) is 13.2 Å². The maximum Gasteiger partial charge on any atom is 0.228 e. The number of carbonyl (C=O) groups excluding carboxylic acids is 2. The van der Waals surface area contributed by atoms with Crippen LogP contribution >= 0.6 is 0 Å². The zero-order valence-electron chi connectivity index (χ0n) is 9.37. The fraction of sp³-hybridized carbons (Fsp3) is 0.333. The minimum Gasteiger partial charge on any atom is -0.493 e. The predicted molar refractivity (Wildman–Crippen MR) is 56.4 cm³/mol. The van der Waals surface area contributed by atoms with Gasteiger partial charge in [0.05, 0.1) is 18.4 Å². The van der Waals surface area contributed by atoms with E-state index in [1.807, 2.05) is 0 Å². The molecule has 2 aliphatic rings. The molecular weight excluding hydrogens is 208 g/mol. The lowest BCUT2D eigenvalue weighted by atomic mass is 9.88. The van der Waals surface area contributed by atoms with Crippen LogP contribution in [0.1, 0.15) is 13.8 Å². The van der Waals surface area contributed by atoms with Gasteiger partial charge in [0.25, 0.3) is 0 Å². The van der Waals surface area contributed by atoms with E-state index in [2.05, 4.69) is 0 Å². The quantitative estimate of drug-likeness (QED) is 0.625. The second-order valence-corrected chi connectivity index (χ2v) is 3.75. The molecule has 1 aliphatic heterocycles. The Morgan fingerprint density at radius 2 is 2.00 bits per heavy atom. The van der Waals surface area contributed by atoms with Crippen molar-refractivity contribution in [3.05, 3.63) is 34.8 Å². The minimum absolute atomic E-state index is 0.0761. The van der Waals surface area contributed by atoms with Gasteiger partial charge in [0.1, 0.15) is 6.10 Å².